The maximum absolute atomic E-state index is 12.5. The van der Waals surface area contributed by atoms with Crippen LogP contribution in [0.5, 0.6) is 0 Å². The van der Waals surface area contributed by atoms with Gasteiger partial charge >= 0.3 is 5.97 Å². The van der Waals surface area contributed by atoms with E-state index in [4.69, 9.17) is 9.72 Å². The van der Waals surface area contributed by atoms with Crippen molar-refractivity contribution < 1.29 is 19.4 Å². The van der Waals surface area contributed by atoms with Crippen LogP contribution < -0.4 is 10.6 Å². The Balaban J connectivity index is 1.36. The van der Waals surface area contributed by atoms with Gasteiger partial charge in [0.05, 0.1) is 0 Å². The first-order valence-electron chi connectivity index (χ1n) is 11.2. The van der Waals surface area contributed by atoms with Gasteiger partial charge in [-0.15, -0.1) is 0 Å². The molecule has 1 aliphatic rings. The Hall–Kier alpha value is -3.00. The normalized spacial score (nSPS) is 13.7. The lowest BCUT2D eigenvalue weighted by atomic mass is 10.1. The first kappa shape index (κ1) is 23.7. The van der Waals surface area contributed by atoms with Crippen molar-refractivity contribution in [2.75, 3.05) is 25.1 Å². The maximum Gasteiger partial charge on any atom is 0.326 e. The Labute approximate surface area is 188 Å². The minimum Gasteiger partial charge on any atom is -0.480 e. The number of nitrogens with one attached hydrogen (secondary N) is 2. The molecule has 8 heteroatoms. The molecular weight excluding hydrogens is 408 g/mol. The number of carboxylic acids is 1. The van der Waals surface area contributed by atoms with Gasteiger partial charge in [-0.25, -0.2) is 9.78 Å². The van der Waals surface area contributed by atoms with Gasteiger partial charge in [0, 0.05) is 49.8 Å². The van der Waals surface area contributed by atoms with Gasteiger partial charge in [0.1, 0.15) is 11.9 Å². The highest BCUT2D eigenvalue weighted by Gasteiger charge is 2.22. The van der Waals surface area contributed by atoms with Crippen molar-refractivity contribution in [2.24, 2.45) is 0 Å². The van der Waals surface area contributed by atoms with E-state index in [1.54, 1.807) is 26.2 Å². The molecule has 0 saturated carbocycles. The number of nitrogens with zero attached hydrogens (tertiary/aromatic N) is 2. The number of carbonyl (C=O) groups is 2. The molecule has 1 aliphatic heterocycles. The molecule has 1 atom stereocenters. The molecule has 0 fully saturated rings. The Kier molecular flexibility index (Phi) is 8.56. The Morgan fingerprint density at radius 2 is 1.97 bits per heavy atom. The highest BCUT2D eigenvalue weighted by molar-refractivity contribution is 5.98. The van der Waals surface area contributed by atoms with Gasteiger partial charge in [-0.2, -0.15) is 0 Å². The van der Waals surface area contributed by atoms with E-state index in [-0.39, 0.29) is 13.0 Å². The fraction of sp³-hybridized carbons (Fsp3) is 0.500. The third kappa shape index (κ3) is 6.50. The van der Waals surface area contributed by atoms with E-state index in [0.29, 0.717) is 23.3 Å². The van der Waals surface area contributed by atoms with E-state index in [1.807, 2.05) is 0 Å². The van der Waals surface area contributed by atoms with Crippen molar-refractivity contribution >= 4 is 17.7 Å². The summed E-state index contributed by atoms with van der Waals surface area (Å²) < 4.78 is 5.62. The summed E-state index contributed by atoms with van der Waals surface area (Å²) >= 11 is 0. The van der Waals surface area contributed by atoms with E-state index in [9.17, 15) is 14.7 Å². The number of pyridine rings is 2. The second-order valence-corrected chi connectivity index (χ2v) is 8.21. The van der Waals surface area contributed by atoms with Gasteiger partial charge in [-0.1, -0.05) is 6.07 Å². The van der Waals surface area contributed by atoms with Gasteiger partial charge in [-0.3, -0.25) is 9.78 Å². The second-order valence-electron chi connectivity index (χ2n) is 8.21. The van der Waals surface area contributed by atoms with E-state index in [0.717, 1.165) is 50.2 Å². The first-order chi connectivity index (χ1) is 15.5. The molecule has 0 saturated heterocycles. The van der Waals surface area contributed by atoms with Crippen LogP contribution >= 0.6 is 0 Å². The van der Waals surface area contributed by atoms with Gasteiger partial charge in [-0.05, 0) is 68.7 Å². The molecule has 32 heavy (non-hydrogen) atoms. The van der Waals surface area contributed by atoms with Gasteiger partial charge in [0.25, 0.3) is 5.91 Å². The summed E-state index contributed by atoms with van der Waals surface area (Å²) in [4.78, 5) is 32.8. The molecule has 172 valence electrons. The highest BCUT2D eigenvalue weighted by Crippen LogP contribution is 2.20. The van der Waals surface area contributed by atoms with Gasteiger partial charge < -0.3 is 20.5 Å². The lowest BCUT2D eigenvalue weighted by molar-refractivity contribution is -0.139. The van der Waals surface area contributed by atoms with E-state index in [2.05, 4.69) is 27.8 Å². The summed E-state index contributed by atoms with van der Waals surface area (Å²) in [6.07, 6.45) is 8.34. The number of aromatic nitrogens is 2. The van der Waals surface area contributed by atoms with Crippen molar-refractivity contribution in [3.8, 4) is 0 Å². The zero-order chi connectivity index (χ0) is 22.9. The second kappa shape index (κ2) is 11.6. The molecule has 2 aromatic heterocycles. The standard InChI is InChI=1S/C24H32N4O4/c1-16-14-25-15-17(2)21(16)23(29)28-20(24(30)31)10-13-32-12-4-3-7-19-9-8-18-6-5-11-26-22(18)27-19/h8-9,14-15,20H,3-7,10-13H2,1-2H3,(H,26,27)(H,28,29)(H,30,31)/t20-/m0/s1. The van der Waals surface area contributed by atoms with E-state index in [1.165, 1.54) is 5.56 Å². The van der Waals surface area contributed by atoms with Crippen LogP contribution in [0.25, 0.3) is 0 Å². The van der Waals surface area contributed by atoms with Crippen molar-refractivity contribution in [2.45, 2.75) is 58.4 Å². The molecule has 0 radical (unpaired) electrons. The zero-order valence-corrected chi connectivity index (χ0v) is 18.8. The van der Waals surface area contributed by atoms with E-state index >= 15 is 0 Å². The summed E-state index contributed by atoms with van der Waals surface area (Å²) in [5, 5.41) is 15.4. The molecule has 0 aliphatic carbocycles. The van der Waals surface area contributed by atoms with Gasteiger partial charge in [0.15, 0.2) is 0 Å². The molecule has 0 aromatic carbocycles. The molecular formula is C24H32N4O4. The van der Waals surface area contributed by atoms with Crippen LogP contribution in [0.4, 0.5) is 5.82 Å². The molecule has 1 amide bonds. The first-order valence-corrected chi connectivity index (χ1v) is 11.2. The van der Waals surface area contributed by atoms with Crippen LogP contribution in [0.2, 0.25) is 0 Å². The predicted octanol–water partition coefficient (Wildman–Crippen LogP) is 3.06. The van der Waals surface area contributed by atoms with Crippen LogP contribution in [-0.2, 0) is 22.4 Å². The van der Waals surface area contributed by atoms with Crippen molar-refractivity contribution in [1.82, 2.24) is 15.3 Å². The molecule has 0 unspecified atom stereocenters. The fourth-order valence-electron chi connectivity index (χ4n) is 3.87. The number of ether oxygens (including phenoxy) is 1. The maximum atomic E-state index is 12.5. The van der Waals surface area contributed by atoms with Crippen molar-refractivity contribution in [1.29, 1.82) is 0 Å². The number of unbranched alkanes of at least 4 members (excludes halogenated alkanes) is 1. The van der Waals surface area contributed by atoms with Crippen LogP contribution in [0.3, 0.4) is 0 Å². The highest BCUT2D eigenvalue weighted by atomic mass is 16.5. The SMILES string of the molecule is Cc1cncc(C)c1C(=O)N[C@@H](CCOCCCCc1ccc2c(n1)NCCC2)C(=O)O. The summed E-state index contributed by atoms with van der Waals surface area (Å²) in [7, 11) is 0. The zero-order valence-electron chi connectivity index (χ0n) is 18.8. The summed E-state index contributed by atoms with van der Waals surface area (Å²) in [6.45, 7) is 5.36. The Morgan fingerprint density at radius 3 is 2.72 bits per heavy atom. The molecule has 2 aromatic rings. The van der Waals surface area contributed by atoms with E-state index < -0.39 is 17.9 Å². The molecule has 3 N–H and O–H groups in total. The Bertz CT molecular complexity index is 927. The number of anilines is 1. The number of aliphatic carboxylic acids is 1. The van der Waals surface area contributed by atoms with Crippen LogP contribution in [0, 0.1) is 13.8 Å². The fourth-order valence-corrected chi connectivity index (χ4v) is 3.87. The number of rotatable bonds is 11. The lowest BCUT2D eigenvalue weighted by Gasteiger charge is -2.17. The number of carbonyl (C=O) groups excluding carboxylic acids is 1. The van der Waals surface area contributed by atoms with Crippen LogP contribution in [0.1, 0.15) is 58.4 Å². The smallest absolute Gasteiger partial charge is 0.326 e. The quantitative estimate of drug-likeness (QED) is 0.460. The molecule has 0 spiro atoms. The average molecular weight is 441 g/mol. The van der Waals surface area contributed by atoms with Gasteiger partial charge in [0.2, 0.25) is 0 Å². The predicted molar refractivity (Wildman–Crippen MR) is 122 cm³/mol. The van der Waals surface area contributed by atoms with Crippen LogP contribution in [-0.4, -0.2) is 52.8 Å². The van der Waals surface area contributed by atoms with Crippen molar-refractivity contribution in [3.05, 3.63) is 52.5 Å². The number of hydrogen-bond donors (Lipinski definition) is 3. The third-order valence-corrected chi connectivity index (χ3v) is 5.63. The monoisotopic (exact) mass is 440 g/mol. The number of amides is 1. The summed E-state index contributed by atoms with van der Waals surface area (Å²) in [5.74, 6) is -0.454. The van der Waals surface area contributed by atoms with Crippen molar-refractivity contribution in [3.63, 3.8) is 0 Å². The molecule has 3 rings (SSSR count). The largest absolute Gasteiger partial charge is 0.480 e. The molecule has 3 heterocycles. The minimum atomic E-state index is -1.07. The summed E-state index contributed by atoms with van der Waals surface area (Å²) in [5.41, 5.74) is 4.27. The number of hydrogen-bond acceptors (Lipinski definition) is 6. The number of carboxylic acid groups (broad SMARTS) is 1. The van der Waals surface area contributed by atoms with Crippen LogP contribution in [0.15, 0.2) is 24.5 Å². The number of fused-ring (bicyclic) bond motifs is 1. The molecule has 0 bridgehead atoms. The number of aryl methyl sites for hydroxylation is 4. The third-order valence-electron chi connectivity index (χ3n) is 5.63. The summed E-state index contributed by atoms with van der Waals surface area (Å²) in [6, 6.07) is 3.26. The average Bonchev–Trinajstić information content (AvgIpc) is 2.77. The Morgan fingerprint density at radius 1 is 1.19 bits per heavy atom. The topological polar surface area (TPSA) is 113 Å². The molecule has 8 nitrogen and oxygen atoms in total. The lowest BCUT2D eigenvalue weighted by Crippen LogP contribution is -2.42. The minimum absolute atomic E-state index is 0.211.